The van der Waals surface area contributed by atoms with Crippen molar-refractivity contribution in [3.05, 3.63) is 119 Å². The molecule has 5 rings (SSSR count). The van der Waals surface area contributed by atoms with Gasteiger partial charge in [0.2, 0.25) is 11.8 Å². The van der Waals surface area contributed by atoms with Crippen molar-refractivity contribution >= 4 is 28.9 Å². The lowest BCUT2D eigenvalue weighted by Crippen LogP contribution is -2.39. The predicted molar refractivity (Wildman–Crippen MR) is 197 cm³/mol. The number of phenols is 1. The van der Waals surface area contributed by atoms with Crippen LogP contribution in [-0.4, -0.2) is 58.3 Å². The molecule has 4 atom stereocenters. The molecule has 2 amide bonds. The van der Waals surface area contributed by atoms with Gasteiger partial charge in [-0.25, -0.2) is 0 Å². The van der Waals surface area contributed by atoms with Crippen molar-refractivity contribution in [2.45, 2.75) is 69.7 Å². The molecule has 4 aromatic rings. The molecule has 0 spiro atoms. The number of aromatic hydroxyl groups is 1. The van der Waals surface area contributed by atoms with E-state index in [9.17, 15) is 24.9 Å². The fraction of sp³-hybridized carbons (Fsp3) is 0.350. The van der Waals surface area contributed by atoms with Gasteiger partial charge in [0.25, 0.3) is 0 Å². The third kappa shape index (κ3) is 11.4. The zero-order valence-electron chi connectivity index (χ0n) is 28.9. The number of nitrogens with two attached hydrogens (primary N) is 1. The summed E-state index contributed by atoms with van der Waals surface area (Å²) in [5.41, 5.74) is 10.9. The van der Waals surface area contributed by atoms with Crippen molar-refractivity contribution < 1.29 is 34.4 Å². The van der Waals surface area contributed by atoms with Crippen LogP contribution in [0.3, 0.4) is 0 Å². The first kappa shape index (κ1) is 37.5. The first-order chi connectivity index (χ1) is 24.7. The Labute approximate surface area is 299 Å². The van der Waals surface area contributed by atoms with E-state index in [-0.39, 0.29) is 36.4 Å². The number of ether oxygens (including phenoxy) is 2. The number of anilines is 3. The Bertz CT molecular complexity index is 1720. The third-order valence-electron chi connectivity index (χ3n) is 8.88. The van der Waals surface area contributed by atoms with E-state index >= 15 is 0 Å². The van der Waals surface area contributed by atoms with Crippen LogP contribution in [0.25, 0.3) is 0 Å². The summed E-state index contributed by atoms with van der Waals surface area (Å²) in [7, 11) is 1.92. The Hall–Kier alpha value is -4.78. The predicted octanol–water partition coefficient (Wildman–Crippen LogP) is 6.21. The number of unbranched alkanes of at least 4 members (excludes halogenated alkanes) is 2. The number of rotatable bonds is 16. The second kappa shape index (κ2) is 18.5. The highest BCUT2D eigenvalue weighted by atomic mass is 16.7. The molecule has 0 aromatic heterocycles. The largest absolute Gasteiger partial charge is 0.508 e. The summed E-state index contributed by atoms with van der Waals surface area (Å²) in [5, 5.41) is 35.9. The van der Waals surface area contributed by atoms with E-state index in [0.29, 0.717) is 67.8 Å². The molecule has 4 aromatic carbocycles. The molecular formula is C40H48N4O7. The average Bonchev–Trinajstić information content (AvgIpc) is 3.12. The number of carbonyl (C=O) groups is 2. The number of hydrogen-bond acceptors (Lipinski definition) is 9. The van der Waals surface area contributed by atoms with E-state index in [1.807, 2.05) is 72.6 Å². The van der Waals surface area contributed by atoms with Gasteiger partial charge in [0.15, 0.2) is 6.29 Å². The third-order valence-corrected chi connectivity index (χ3v) is 8.88. The molecule has 51 heavy (non-hydrogen) atoms. The maximum atomic E-state index is 12.6. The van der Waals surface area contributed by atoms with Crippen LogP contribution in [0.2, 0.25) is 0 Å². The molecule has 7 N–H and O–H groups in total. The van der Waals surface area contributed by atoms with Gasteiger partial charge >= 0.3 is 0 Å². The van der Waals surface area contributed by atoms with Gasteiger partial charge in [0.05, 0.1) is 36.3 Å². The van der Waals surface area contributed by atoms with E-state index in [0.717, 1.165) is 23.1 Å². The zero-order chi connectivity index (χ0) is 36.2. The van der Waals surface area contributed by atoms with Crippen molar-refractivity contribution in [2.24, 2.45) is 0 Å². The highest BCUT2D eigenvalue weighted by Gasteiger charge is 2.33. The van der Waals surface area contributed by atoms with Crippen LogP contribution < -0.4 is 16.4 Å². The van der Waals surface area contributed by atoms with Crippen LogP contribution in [0.5, 0.6) is 5.75 Å². The van der Waals surface area contributed by atoms with Gasteiger partial charge < -0.3 is 46.1 Å². The maximum absolute atomic E-state index is 12.6. The summed E-state index contributed by atoms with van der Waals surface area (Å²) >= 11 is 0. The number of phenolic OH excluding ortho intramolecular Hbond substituents is 1. The first-order valence-corrected chi connectivity index (χ1v) is 17.4. The van der Waals surface area contributed by atoms with E-state index in [4.69, 9.17) is 15.2 Å². The monoisotopic (exact) mass is 696 g/mol. The summed E-state index contributed by atoms with van der Waals surface area (Å²) in [6, 6.07) is 28.8. The normalized spacial score (nSPS) is 17.9. The van der Waals surface area contributed by atoms with E-state index in [2.05, 4.69) is 10.6 Å². The highest BCUT2D eigenvalue weighted by molar-refractivity contribution is 5.93. The van der Waals surface area contributed by atoms with E-state index in [1.54, 1.807) is 36.4 Å². The molecule has 1 aliphatic heterocycles. The Morgan fingerprint density at radius 3 is 2.24 bits per heavy atom. The molecule has 4 unspecified atom stereocenters. The number of aliphatic hydroxyl groups is 2. The minimum atomic E-state index is -0.783. The van der Waals surface area contributed by atoms with Crippen LogP contribution in [0.15, 0.2) is 97.1 Å². The number of likely N-dealkylation sites (N-methyl/N-ethyl adjacent to an activating group) is 1. The Kier molecular flexibility index (Phi) is 13.6. The lowest BCUT2D eigenvalue weighted by Gasteiger charge is -2.38. The zero-order valence-corrected chi connectivity index (χ0v) is 28.9. The van der Waals surface area contributed by atoms with Crippen molar-refractivity contribution in [1.82, 2.24) is 4.90 Å². The molecule has 0 aliphatic carbocycles. The average molecular weight is 697 g/mol. The van der Waals surface area contributed by atoms with Crippen LogP contribution in [0, 0.1) is 0 Å². The number of para-hydroxylation sites is 2. The fourth-order valence-corrected chi connectivity index (χ4v) is 6.11. The standard InChI is InChI=1S/C40H48N4O7/c1-44(25-36(47)30-8-7-9-32(46)22-30)24-33-23-37(28-16-14-27(26-45)15-17-28)51-40(50-33)29-18-20-31(21-19-29)42-38(48)12-3-2-4-13-39(49)43-35-11-6-5-10-34(35)41/h5-11,14-22,33,36-37,40,45-47H,2-4,12-13,23-26,41H2,1H3,(H,42,48)(H,43,49). The van der Waals surface area contributed by atoms with Crippen molar-refractivity contribution in [3.63, 3.8) is 0 Å². The smallest absolute Gasteiger partial charge is 0.224 e. The molecule has 1 aliphatic rings. The number of hydrogen-bond donors (Lipinski definition) is 6. The van der Waals surface area contributed by atoms with Gasteiger partial charge in [-0.05, 0) is 73.0 Å². The van der Waals surface area contributed by atoms with Crippen molar-refractivity contribution in [1.29, 1.82) is 0 Å². The second-order valence-electron chi connectivity index (χ2n) is 13.0. The molecule has 11 nitrogen and oxygen atoms in total. The van der Waals surface area contributed by atoms with Crippen LogP contribution >= 0.6 is 0 Å². The summed E-state index contributed by atoms with van der Waals surface area (Å²) in [4.78, 5) is 26.9. The molecule has 1 fully saturated rings. The molecule has 11 heteroatoms. The number of benzene rings is 4. The molecule has 0 saturated carbocycles. The van der Waals surface area contributed by atoms with Gasteiger partial charge in [-0.15, -0.1) is 0 Å². The van der Waals surface area contributed by atoms with Gasteiger partial charge in [-0.2, -0.15) is 0 Å². The lowest BCUT2D eigenvalue weighted by atomic mass is 9.99. The summed E-state index contributed by atoms with van der Waals surface area (Å²) < 4.78 is 12.9. The molecule has 0 radical (unpaired) electrons. The van der Waals surface area contributed by atoms with Gasteiger partial charge in [0.1, 0.15) is 5.75 Å². The first-order valence-electron chi connectivity index (χ1n) is 17.4. The van der Waals surface area contributed by atoms with Gasteiger partial charge in [-0.3, -0.25) is 9.59 Å². The Balaban J connectivity index is 1.13. The molecule has 1 saturated heterocycles. The number of nitrogen functional groups attached to an aromatic ring is 1. The highest BCUT2D eigenvalue weighted by Crippen LogP contribution is 2.38. The number of aliphatic hydroxyl groups excluding tert-OH is 2. The van der Waals surface area contributed by atoms with Gasteiger partial charge in [-0.1, -0.05) is 67.1 Å². The van der Waals surface area contributed by atoms with Crippen molar-refractivity contribution in [3.8, 4) is 5.75 Å². The Morgan fingerprint density at radius 1 is 0.863 bits per heavy atom. The van der Waals surface area contributed by atoms with Crippen LogP contribution in [-0.2, 0) is 25.7 Å². The maximum Gasteiger partial charge on any atom is 0.224 e. The van der Waals surface area contributed by atoms with Crippen LogP contribution in [0.1, 0.15) is 79.3 Å². The van der Waals surface area contributed by atoms with Crippen molar-refractivity contribution in [2.75, 3.05) is 36.5 Å². The van der Waals surface area contributed by atoms with E-state index in [1.165, 1.54) is 0 Å². The fourth-order valence-electron chi connectivity index (χ4n) is 6.11. The van der Waals surface area contributed by atoms with Crippen LogP contribution in [0.4, 0.5) is 17.1 Å². The molecular weight excluding hydrogens is 648 g/mol. The second-order valence-corrected chi connectivity index (χ2v) is 13.0. The number of amides is 2. The molecule has 0 bridgehead atoms. The minimum Gasteiger partial charge on any atom is -0.508 e. The summed E-state index contributed by atoms with van der Waals surface area (Å²) in [6.45, 7) is 0.833. The SMILES string of the molecule is CN(CC1CC(c2ccc(CO)cc2)OC(c2ccc(NC(=O)CCCCCC(=O)Nc3ccccc3N)cc2)O1)CC(O)c1cccc(O)c1. The number of nitrogens with zero attached hydrogens (tertiary/aromatic N) is 1. The quantitative estimate of drug-likeness (QED) is 0.0590. The lowest BCUT2D eigenvalue weighted by molar-refractivity contribution is -0.252. The van der Waals surface area contributed by atoms with E-state index < -0.39 is 12.4 Å². The molecule has 270 valence electrons. The minimum absolute atomic E-state index is 0.0421. The number of carbonyl (C=O) groups excluding carboxylic acids is 2. The molecule has 1 heterocycles. The topological polar surface area (TPSA) is 167 Å². The Morgan fingerprint density at radius 2 is 1.55 bits per heavy atom. The summed E-state index contributed by atoms with van der Waals surface area (Å²) in [5.74, 6) is -0.0945. The van der Waals surface area contributed by atoms with Gasteiger partial charge in [0, 0.05) is 43.6 Å². The summed E-state index contributed by atoms with van der Waals surface area (Å²) in [6.07, 6.45) is 1.41. The number of nitrogens with one attached hydrogen (secondary N) is 2.